The first-order valence-electron chi connectivity index (χ1n) is 6.47. The van der Waals surface area contributed by atoms with Crippen LogP contribution in [0.25, 0.3) is 0 Å². The lowest BCUT2D eigenvalue weighted by Gasteiger charge is -2.28. The van der Waals surface area contributed by atoms with Crippen LogP contribution < -0.4 is 5.73 Å². The molecule has 1 atom stereocenters. The number of nitrogens with zero attached hydrogens (tertiary/aromatic N) is 3. The Bertz CT molecular complexity index is 268. The van der Waals surface area contributed by atoms with Crippen LogP contribution in [0, 0.1) is 5.92 Å². The lowest BCUT2D eigenvalue weighted by atomic mass is 10.2. The van der Waals surface area contributed by atoms with E-state index in [2.05, 4.69) is 28.9 Å². The summed E-state index contributed by atoms with van der Waals surface area (Å²) in [4.78, 5) is 9.11. The maximum Gasteiger partial charge on any atom is 0.191 e. The van der Waals surface area contributed by atoms with Crippen LogP contribution in [-0.2, 0) is 0 Å². The van der Waals surface area contributed by atoms with Crippen molar-refractivity contribution >= 4 is 17.7 Å². The third-order valence-electron chi connectivity index (χ3n) is 3.60. The Labute approximate surface area is 109 Å². The van der Waals surface area contributed by atoms with E-state index in [1.54, 1.807) is 0 Å². The van der Waals surface area contributed by atoms with Crippen molar-refractivity contribution in [3.05, 3.63) is 0 Å². The van der Waals surface area contributed by atoms with Crippen LogP contribution in [-0.4, -0.2) is 67.0 Å². The number of hydrogen-bond acceptors (Lipinski definition) is 3. The molecule has 1 heterocycles. The zero-order valence-corrected chi connectivity index (χ0v) is 11.7. The quantitative estimate of drug-likeness (QED) is 0.594. The number of likely N-dealkylation sites (N-methyl/N-ethyl adjacent to an activating group) is 1. The van der Waals surface area contributed by atoms with Gasteiger partial charge in [-0.05, 0) is 32.9 Å². The van der Waals surface area contributed by atoms with Crippen molar-refractivity contribution in [1.29, 1.82) is 0 Å². The lowest BCUT2D eigenvalue weighted by molar-refractivity contribution is 0.270. The van der Waals surface area contributed by atoms with Gasteiger partial charge in [0.05, 0.1) is 6.54 Å². The van der Waals surface area contributed by atoms with E-state index in [4.69, 9.17) is 5.73 Å². The average molecular weight is 256 g/mol. The van der Waals surface area contributed by atoms with Crippen molar-refractivity contribution in [2.24, 2.45) is 16.6 Å². The summed E-state index contributed by atoms with van der Waals surface area (Å²) >= 11 is 2.00. The molecule has 0 aromatic rings. The summed E-state index contributed by atoms with van der Waals surface area (Å²) in [6, 6.07) is 0.577. The highest BCUT2D eigenvalue weighted by molar-refractivity contribution is 7.99. The molecule has 1 saturated heterocycles. The molecule has 0 amide bonds. The Morgan fingerprint density at radius 3 is 2.59 bits per heavy atom. The van der Waals surface area contributed by atoms with Crippen molar-refractivity contribution < 1.29 is 0 Å². The monoisotopic (exact) mass is 256 g/mol. The van der Waals surface area contributed by atoms with Crippen LogP contribution in [0.3, 0.4) is 0 Å². The molecule has 0 aromatic heterocycles. The predicted octanol–water partition coefficient (Wildman–Crippen LogP) is 0.690. The Balaban J connectivity index is 1.84. The molecule has 0 spiro atoms. The van der Waals surface area contributed by atoms with Gasteiger partial charge >= 0.3 is 0 Å². The van der Waals surface area contributed by atoms with E-state index in [0.29, 0.717) is 6.04 Å². The second-order valence-corrected chi connectivity index (χ2v) is 6.39. The van der Waals surface area contributed by atoms with Crippen molar-refractivity contribution in [2.75, 3.05) is 45.2 Å². The minimum atomic E-state index is 0.577. The van der Waals surface area contributed by atoms with Gasteiger partial charge in [0.15, 0.2) is 5.96 Å². The highest BCUT2D eigenvalue weighted by atomic mass is 32.2. The Kier molecular flexibility index (Phi) is 4.56. The summed E-state index contributed by atoms with van der Waals surface area (Å²) in [6.07, 6.45) is 2.72. The number of rotatable bonds is 4. The molecular weight excluding hydrogens is 232 g/mol. The summed E-state index contributed by atoms with van der Waals surface area (Å²) in [5.41, 5.74) is 6.07. The fourth-order valence-electron chi connectivity index (χ4n) is 2.29. The van der Waals surface area contributed by atoms with E-state index in [9.17, 15) is 0 Å². The van der Waals surface area contributed by atoms with Crippen molar-refractivity contribution in [1.82, 2.24) is 9.80 Å². The van der Waals surface area contributed by atoms with E-state index in [0.717, 1.165) is 31.5 Å². The molecular formula is C12H24N4S. The number of hydrogen-bond donors (Lipinski definition) is 1. The van der Waals surface area contributed by atoms with Gasteiger partial charge in [0.1, 0.15) is 0 Å². The average Bonchev–Trinajstić information content (AvgIpc) is 3.14. The van der Waals surface area contributed by atoms with E-state index < -0.39 is 0 Å². The maximum atomic E-state index is 6.07. The van der Waals surface area contributed by atoms with Gasteiger partial charge in [-0.3, -0.25) is 4.99 Å². The fourth-order valence-corrected chi connectivity index (χ4v) is 3.20. The van der Waals surface area contributed by atoms with Gasteiger partial charge in [0, 0.05) is 30.6 Å². The molecule has 2 N–H and O–H groups in total. The number of aliphatic imine (C=N–C) groups is 1. The summed E-state index contributed by atoms with van der Waals surface area (Å²) < 4.78 is 0. The summed E-state index contributed by atoms with van der Waals surface area (Å²) in [6.45, 7) is 2.96. The molecule has 0 aromatic carbocycles. The minimum absolute atomic E-state index is 0.577. The molecule has 4 nitrogen and oxygen atoms in total. The van der Waals surface area contributed by atoms with E-state index in [-0.39, 0.29) is 0 Å². The Hall–Kier alpha value is -0.420. The van der Waals surface area contributed by atoms with Crippen LogP contribution in [0.1, 0.15) is 12.8 Å². The first-order chi connectivity index (χ1) is 8.18. The SMILES string of the molecule is CN(C)C(CN=C(N)N1CCSCC1)C1CC1. The second kappa shape index (κ2) is 5.96. The predicted molar refractivity (Wildman–Crippen MR) is 75.6 cm³/mol. The van der Waals surface area contributed by atoms with Gasteiger partial charge in [-0.15, -0.1) is 0 Å². The molecule has 1 saturated carbocycles. The van der Waals surface area contributed by atoms with Crippen LogP contribution >= 0.6 is 11.8 Å². The van der Waals surface area contributed by atoms with Crippen LogP contribution in [0.15, 0.2) is 4.99 Å². The van der Waals surface area contributed by atoms with Gasteiger partial charge < -0.3 is 15.5 Å². The first kappa shape index (κ1) is 13.0. The molecule has 1 aliphatic heterocycles. The molecule has 2 fully saturated rings. The molecule has 1 aliphatic carbocycles. The number of thioether (sulfide) groups is 1. The van der Waals surface area contributed by atoms with Gasteiger partial charge in [0.2, 0.25) is 0 Å². The van der Waals surface area contributed by atoms with Gasteiger partial charge in [0.25, 0.3) is 0 Å². The maximum absolute atomic E-state index is 6.07. The van der Waals surface area contributed by atoms with Gasteiger partial charge in [-0.2, -0.15) is 11.8 Å². The zero-order valence-electron chi connectivity index (χ0n) is 10.9. The van der Waals surface area contributed by atoms with Crippen LogP contribution in [0.5, 0.6) is 0 Å². The highest BCUT2D eigenvalue weighted by Crippen LogP contribution is 2.34. The fraction of sp³-hybridized carbons (Fsp3) is 0.917. The zero-order chi connectivity index (χ0) is 12.3. The van der Waals surface area contributed by atoms with Gasteiger partial charge in [-0.25, -0.2) is 0 Å². The molecule has 2 aliphatic rings. The third kappa shape index (κ3) is 3.78. The molecule has 0 bridgehead atoms. The standard InChI is InChI=1S/C12H24N4S/c1-15(2)11(10-3-4-10)9-14-12(13)16-5-7-17-8-6-16/h10-11H,3-9H2,1-2H3,(H2,13,14). The minimum Gasteiger partial charge on any atom is -0.370 e. The summed E-state index contributed by atoms with van der Waals surface area (Å²) in [7, 11) is 4.29. The van der Waals surface area contributed by atoms with Crippen LogP contribution in [0.2, 0.25) is 0 Å². The summed E-state index contributed by atoms with van der Waals surface area (Å²) in [5, 5.41) is 0. The van der Waals surface area contributed by atoms with E-state index in [1.807, 2.05) is 11.8 Å². The molecule has 0 radical (unpaired) electrons. The molecule has 98 valence electrons. The molecule has 5 heteroatoms. The van der Waals surface area contributed by atoms with E-state index in [1.165, 1.54) is 24.3 Å². The second-order valence-electron chi connectivity index (χ2n) is 5.17. The Morgan fingerprint density at radius 2 is 2.06 bits per heavy atom. The largest absolute Gasteiger partial charge is 0.370 e. The molecule has 1 unspecified atom stereocenters. The van der Waals surface area contributed by atoms with Crippen molar-refractivity contribution in [3.8, 4) is 0 Å². The molecule has 17 heavy (non-hydrogen) atoms. The van der Waals surface area contributed by atoms with Crippen molar-refractivity contribution in [2.45, 2.75) is 18.9 Å². The van der Waals surface area contributed by atoms with E-state index >= 15 is 0 Å². The Morgan fingerprint density at radius 1 is 1.41 bits per heavy atom. The lowest BCUT2D eigenvalue weighted by Crippen LogP contribution is -2.43. The topological polar surface area (TPSA) is 44.9 Å². The third-order valence-corrected chi connectivity index (χ3v) is 4.55. The van der Waals surface area contributed by atoms with Gasteiger partial charge in [-0.1, -0.05) is 0 Å². The molecule has 2 rings (SSSR count). The number of guanidine groups is 1. The number of nitrogens with two attached hydrogens (primary N) is 1. The van der Waals surface area contributed by atoms with Crippen molar-refractivity contribution in [3.63, 3.8) is 0 Å². The smallest absolute Gasteiger partial charge is 0.191 e. The summed E-state index contributed by atoms with van der Waals surface area (Å²) in [5.74, 6) is 3.95. The van der Waals surface area contributed by atoms with Crippen LogP contribution in [0.4, 0.5) is 0 Å². The first-order valence-corrected chi connectivity index (χ1v) is 7.63. The highest BCUT2D eigenvalue weighted by Gasteiger charge is 2.32. The normalized spacial score (nSPS) is 24.2.